The molecule has 2 aliphatic rings. The van der Waals surface area contributed by atoms with Crippen molar-refractivity contribution in [1.82, 2.24) is 0 Å². The molecule has 0 bridgehead atoms. The van der Waals surface area contributed by atoms with Gasteiger partial charge in [0.1, 0.15) is 35.9 Å². The average molecular weight is 523 g/mol. The summed E-state index contributed by atoms with van der Waals surface area (Å²) in [5.41, 5.74) is 2.97. The summed E-state index contributed by atoms with van der Waals surface area (Å²) in [4.78, 5) is 0. The predicted octanol–water partition coefficient (Wildman–Crippen LogP) is 4.66. The third-order valence-electron chi connectivity index (χ3n) is 6.77. The molecule has 0 aliphatic carbocycles. The van der Waals surface area contributed by atoms with Gasteiger partial charge in [-0.3, -0.25) is 0 Å². The lowest BCUT2D eigenvalue weighted by molar-refractivity contribution is -0.288. The average Bonchev–Trinajstić information content (AvgIpc) is 3.43. The molecule has 8 nitrogen and oxygen atoms in total. The van der Waals surface area contributed by atoms with Crippen LogP contribution in [0.5, 0.6) is 11.5 Å². The Morgan fingerprint density at radius 1 is 0.658 bits per heavy atom. The molecular weight excluding hydrogens is 488 g/mol. The quantitative estimate of drug-likeness (QED) is 0.360. The lowest BCUT2D eigenvalue weighted by Crippen LogP contribution is -2.58. The normalized spacial score (nSPS) is 26.6. The molecule has 0 spiro atoms. The summed E-state index contributed by atoms with van der Waals surface area (Å²) < 4.78 is 47.8. The first kappa shape index (κ1) is 26.6. The van der Waals surface area contributed by atoms with Crippen molar-refractivity contribution < 1.29 is 37.9 Å². The van der Waals surface area contributed by atoms with Crippen LogP contribution >= 0.6 is 0 Å². The second-order valence-corrected chi connectivity index (χ2v) is 9.21. The predicted molar refractivity (Wildman–Crippen MR) is 139 cm³/mol. The van der Waals surface area contributed by atoms with Crippen LogP contribution in [0.3, 0.4) is 0 Å². The zero-order valence-corrected chi connectivity index (χ0v) is 21.9. The molecule has 0 aromatic heterocycles. The van der Waals surface area contributed by atoms with Crippen LogP contribution in [-0.2, 0) is 41.6 Å². The fourth-order valence-electron chi connectivity index (χ4n) is 4.71. The minimum atomic E-state index is -0.646. The molecule has 0 radical (unpaired) electrons. The van der Waals surface area contributed by atoms with E-state index < -0.39 is 37.0 Å². The van der Waals surface area contributed by atoms with Crippen molar-refractivity contribution in [3.05, 3.63) is 95.6 Å². The number of ether oxygens (including phenoxy) is 8. The molecule has 5 rings (SSSR count). The standard InChI is InChI=1S/C30H34O8/c1-31-23-13-9-21(10-14-23)17-34-19-25-26-27(38-29(37-26)22-11-15-24(32-2)16-12-22)28(30(33-3)36-25)35-18-20-7-5-4-6-8-20/h4-16,25-30H,17-19H2,1-3H3/t25-,26-,27+,28-,29?,30+/m1/s1. The molecule has 2 aliphatic heterocycles. The van der Waals surface area contributed by atoms with E-state index in [0.29, 0.717) is 19.8 Å². The molecule has 0 saturated carbocycles. The van der Waals surface area contributed by atoms with Crippen molar-refractivity contribution in [2.75, 3.05) is 27.9 Å². The summed E-state index contributed by atoms with van der Waals surface area (Å²) in [6, 6.07) is 25.4. The summed E-state index contributed by atoms with van der Waals surface area (Å²) in [7, 11) is 4.89. The van der Waals surface area contributed by atoms with Crippen LogP contribution in [0.4, 0.5) is 0 Å². The maximum Gasteiger partial charge on any atom is 0.186 e. The van der Waals surface area contributed by atoms with Crippen LogP contribution in [0.25, 0.3) is 0 Å². The first-order chi connectivity index (χ1) is 18.7. The fraction of sp³-hybridized carbons (Fsp3) is 0.400. The van der Waals surface area contributed by atoms with Crippen LogP contribution in [0.15, 0.2) is 78.9 Å². The van der Waals surface area contributed by atoms with Crippen molar-refractivity contribution in [3.8, 4) is 11.5 Å². The Morgan fingerprint density at radius 3 is 1.95 bits per heavy atom. The zero-order valence-electron chi connectivity index (χ0n) is 21.9. The van der Waals surface area contributed by atoms with Crippen molar-refractivity contribution in [2.45, 2.75) is 50.2 Å². The number of benzene rings is 3. The molecule has 38 heavy (non-hydrogen) atoms. The maximum absolute atomic E-state index is 6.46. The highest BCUT2D eigenvalue weighted by molar-refractivity contribution is 5.28. The van der Waals surface area contributed by atoms with Gasteiger partial charge in [0.25, 0.3) is 0 Å². The molecule has 2 heterocycles. The highest BCUT2D eigenvalue weighted by Crippen LogP contribution is 2.41. The Labute approximate surface area is 223 Å². The fourth-order valence-corrected chi connectivity index (χ4v) is 4.71. The number of fused-ring (bicyclic) bond motifs is 1. The van der Waals surface area contributed by atoms with Crippen LogP contribution < -0.4 is 9.47 Å². The summed E-state index contributed by atoms with van der Waals surface area (Å²) in [6.45, 7) is 1.12. The van der Waals surface area contributed by atoms with E-state index in [9.17, 15) is 0 Å². The van der Waals surface area contributed by atoms with E-state index in [1.807, 2.05) is 78.9 Å². The van der Waals surface area contributed by atoms with Crippen molar-refractivity contribution >= 4 is 0 Å². The lowest BCUT2D eigenvalue weighted by Gasteiger charge is -2.41. The summed E-state index contributed by atoms with van der Waals surface area (Å²) in [6.07, 6.45) is -2.96. The molecule has 6 atom stereocenters. The van der Waals surface area contributed by atoms with E-state index in [4.69, 9.17) is 37.9 Å². The van der Waals surface area contributed by atoms with Gasteiger partial charge in [0.15, 0.2) is 12.6 Å². The third-order valence-corrected chi connectivity index (χ3v) is 6.77. The van der Waals surface area contributed by atoms with E-state index in [2.05, 4.69) is 0 Å². The first-order valence-electron chi connectivity index (χ1n) is 12.7. The van der Waals surface area contributed by atoms with E-state index in [1.54, 1.807) is 21.3 Å². The van der Waals surface area contributed by atoms with Crippen molar-refractivity contribution in [2.24, 2.45) is 0 Å². The van der Waals surface area contributed by atoms with Crippen LogP contribution in [0.2, 0.25) is 0 Å². The largest absolute Gasteiger partial charge is 0.497 e. The second kappa shape index (κ2) is 12.7. The highest BCUT2D eigenvalue weighted by Gasteiger charge is 2.54. The molecule has 202 valence electrons. The summed E-state index contributed by atoms with van der Waals surface area (Å²) in [5, 5.41) is 0. The molecule has 2 fully saturated rings. The van der Waals surface area contributed by atoms with E-state index >= 15 is 0 Å². The smallest absolute Gasteiger partial charge is 0.186 e. The van der Waals surface area contributed by atoms with Gasteiger partial charge in [-0.05, 0) is 35.4 Å². The zero-order chi connectivity index (χ0) is 26.3. The second-order valence-electron chi connectivity index (χ2n) is 9.21. The minimum Gasteiger partial charge on any atom is -0.497 e. The molecule has 0 N–H and O–H groups in total. The van der Waals surface area contributed by atoms with Gasteiger partial charge in [0.05, 0.1) is 34.0 Å². The molecular formula is C30H34O8. The Kier molecular flexibility index (Phi) is 8.90. The number of hydrogen-bond donors (Lipinski definition) is 0. The van der Waals surface area contributed by atoms with Crippen LogP contribution in [-0.4, -0.2) is 58.6 Å². The van der Waals surface area contributed by atoms with Crippen molar-refractivity contribution in [3.63, 3.8) is 0 Å². The van der Waals surface area contributed by atoms with Crippen molar-refractivity contribution in [1.29, 1.82) is 0 Å². The van der Waals surface area contributed by atoms with Gasteiger partial charge in [0.2, 0.25) is 0 Å². The summed E-state index contributed by atoms with van der Waals surface area (Å²) >= 11 is 0. The molecule has 2 saturated heterocycles. The van der Waals surface area contributed by atoms with E-state index in [0.717, 1.165) is 28.2 Å². The maximum atomic E-state index is 6.46. The Balaban J connectivity index is 1.30. The first-order valence-corrected chi connectivity index (χ1v) is 12.7. The number of rotatable bonds is 11. The van der Waals surface area contributed by atoms with Gasteiger partial charge < -0.3 is 37.9 Å². The SMILES string of the molecule is COc1ccc(COC[C@H]2O[C@H](OC)[C@H](OCc3ccccc3)[C@H]3OC(c4ccc(OC)cc4)O[C@@H]32)cc1. The van der Waals surface area contributed by atoms with Gasteiger partial charge in [-0.25, -0.2) is 0 Å². The Bertz CT molecular complexity index is 1120. The Hall–Kier alpha value is -2.98. The molecule has 1 unspecified atom stereocenters. The number of methoxy groups -OCH3 is 3. The van der Waals surface area contributed by atoms with E-state index in [1.165, 1.54) is 0 Å². The highest BCUT2D eigenvalue weighted by atomic mass is 16.8. The minimum absolute atomic E-state index is 0.303. The van der Waals surface area contributed by atoms with Gasteiger partial charge >= 0.3 is 0 Å². The van der Waals surface area contributed by atoms with Gasteiger partial charge in [-0.15, -0.1) is 0 Å². The molecule has 3 aromatic rings. The lowest BCUT2D eigenvalue weighted by atomic mass is 9.99. The van der Waals surface area contributed by atoms with Crippen LogP contribution in [0, 0.1) is 0 Å². The van der Waals surface area contributed by atoms with Gasteiger partial charge in [-0.1, -0.05) is 54.6 Å². The number of hydrogen-bond acceptors (Lipinski definition) is 8. The summed E-state index contributed by atoms with van der Waals surface area (Å²) in [5.74, 6) is 1.57. The van der Waals surface area contributed by atoms with Crippen LogP contribution in [0.1, 0.15) is 23.0 Å². The topological polar surface area (TPSA) is 73.8 Å². The molecule has 3 aromatic carbocycles. The third kappa shape index (κ3) is 6.18. The van der Waals surface area contributed by atoms with E-state index in [-0.39, 0.29) is 0 Å². The van der Waals surface area contributed by atoms with Gasteiger partial charge in [-0.2, -0.15) is 0 Å². The molecule has 8 heteroatoms. The van der Waals surface area contributed by atoms with Gasteiger partial charge in [0, 0.05) is 12.7 Å². The molecule has 0 amide bonds. The Morgan fingerprint density at radius 2 is 1.29 bits per heavy atom. The monoisotopic (exact) mass is 522 g/mol.